The molecule has 0 saturated heterocycles. The smallest absolute Gasteiger partial charge is 0.395 e. The summed E-state index contributed by atoms with van der Waals surface area (Å²) in [6, 6.07) is 2.63. The molecule has 2 N–H and O–H groups in total. The Morgan fingerprint density at radius 3 is 2.17 bits per heavy atom. The molecule has 1 aromatic carbocycles. The van der Waals surface area contributed by atoms with Crippen LogP contribution in [0.2, 0.25) is 0 Å². The van der Waals surface area contributed by atoms with E-state index < -0.39 is 30.8 Å². The molecule has 0 amide bonds. The van der Waals surface area contributed by atoms with E-state index >= 15 is 0 Å². The second-order valence-corrected chi connectivity index (χ2v) is 6.82. The Balaban J connectivity index is 3.31. The number of alkyl halides is 5. The van der Waals surface area contributed by atoms with Crippen molar-refractivity contribution < 1.29 is 27.1 Å². The molecule has 1 aromatic rings. The lowest BCUT2D eigenvalue weighted by molar-refractivity contribution is -0.295. The van der Waals surface area contributed by atoms with E-state index in [1.165, 1.54) is 18.2 Å². The second-order valence-electron chi connectivity index (χ2n) is 5.97. The van der Waals surface area contributed by atoms with E-state index in [-0.39, 0.29) is 17.9 Å². The van der Waals surface area contributed by atoms with Crippen molar-refractivity contribution in [2.45, 2.75) is 49.3 Å². The van der Waals surface area contributed by atoms with Crippen LogP contribution in [0.1, 0.15) is 31.9 Å². The zero-order valence-corrected chi connectivity index (χ0v) is 14.5. The number of nitrogens with one attached hydrogen (secondary N) is 1. The first kappa shape index (κ1) is 21.2. The van der Waals surface area contributed by atoms with Crippen LogP contribution >= 0.6 is 11.8 Å². The summed E-state index contributed by atoms with van der Waals surface area (Å²) in [6.07, 6.45) is -3.81. The number of rotatable bonds is 8. The quantitative estimate of drug-likeness (QED) is 0.516. The molecule has 0 heterocycles. The lowest BCUT2D eigenvalue weighted by Crippen LogP contribution is -2.51. The zero-order valence-electron chi connectivity index (χ0n) is 13.7. The van der Waals surface area contributed by atoms with Crippen molar-refractivity contribution in [1.29, 1.82) is 0 Å². The Bertz CT molecular complexity index is 521. The molecule has 24 heavy (non-hydrogen) atoms. The second kappa shape index (κ2) is 8.49. The summed E-state index contributed by atoms with van der Waals surface area (Å²) in [5.41, 5.74) is -0.130. The Kier molecular flexibility index (Phi) is 7.49. The minimum Gasteiger partial charge on any atom is -0.395 e. The fourth-order valence-corrected chi connectivity index (χ4v) is 3.09. The lowest BCUT2D eigenvalue weighted by atomic mass is 9.96. The molecule has 0 radical (unpaired) electrons. The van der Waals surface area contributed by atoms with E-state index in [2.05, 4.69) is 5.32 Å². The van der Waals surface area contributed by atoms with Crippen LogP contribution in [0.25, 0.3) is 0 Å². The van der Waals surface area contributed by atoms with Gasteiger partial charge in [0.2, 0.25) is 0 Å². The van der Waals surface area contributed by atoms with Gasteiger partial charge in [-0.25, -0.2) is 0 Å². The summed E-state index contributed by atoms with van der Waals surface area (Å²) < 4.78 is 67.2. The third-order valence-corrected chi connectivity index (χ3v) is 4.38. The number of aliphatic hydroxyl groups excluding tert-OH is 1. The topological polar surface area (TPSA) is 32.3 Å². The highest BCUT2D eigenvalue weighted by Crippen LogP contribution is 2.46. The van der Waals surface area contributed by atoms with E-state index in [4.69, 9.17) is 0 Å². The molecule has 1 rings (SSSR count). The highest BCUT2D eigenvalue weighted by atomic mass is 32.2. The third kappa shape index (κ3) is 5.07. The number of hydrogen-bond acceptors (Lipinski definition) is 3. The standard InChI is InChI=1S/C16H22F5NOS/c1-10(2)8-11(9-23)22-14(15(17,18)16(19,20)21)12-6-4-5-7-13(12)24-3/h4-7,10-11,14,22-23H,8-9H2,1-3H3/t11-,14-/m0/s1. The molecule has 0 aliphatic heterocycles. The molecule has 2 atom stereocenters. The molecule has 0 aliphatic carbocycles. The molecule has 0 aromatic heterocycles. The summed E-state index contributed by atoms with van der Waals surface area (Å²) in [5, 5.41) is 11.7. The van der Waals surface area contributed by atoms with Gasteiger partial charge in [-0.05, 0) is 30.2 Å². The molecule has 0 unspecified atom stereocenters. The maximum absolute atomic E-state index is 14.2. The van der Waals surface area contributed by atoms with Crippen LogP contribution in [0, 0.1) is 5.92 Å². The summed E-state index contributed by atoms with van der Waals surface area (Å²) in [6.45, 7) is 3.08. The number of aliphatic hydroxyl groups is 1. The van der Waals surface area contributed by atoms with Gasteiger partial charge in [0.25, 0.3) is 0 Å². The van der Waals surface area contributed by atoms with Gasteiger partial charge in [-0.1, -0.05) is 32.0 Å². The number of thioether (sulfide) groups is 1. The van der Waals surface area contributed by atoms with E-state index in [9.17, 15) is 27.1 Å². The van der Waals surface area contributed by atoms with Crippen molar-refractivity contribution in [3.8, 4) is 0 Å². The Hall–Kier alpha value is -0.860. The van der Waals surface area contributed by atoms with Crippen LogP contribution in [0.4, 0.5) is 22.0 Å². The van der Waals surface area contributed by atoms with Gasteiger partial charge in [0.1, 0.15) is 6.04 Å². The van der Waals surface area contributed by atoms with Crippen molar-refractivity contribution >= 4 is 11.8 Å². The van der Waals surface area contributed by atoms with Crippen molar-refractivity contribution in [1.82, 2.24) is 5.32 Å². The van der Waals surface area contributed by atoms with E-state index in [0.29, 0.717) is 4.90 Å². The van der Waals surface area contributed by atoms with E-state index in [1.807, 2.05) is 0 Å². The molecule has 138 valence electrons. The number of hydrogen-bond donors (Lipinski definition) is 2. The molecule has 0 aliphatic rings. The zero-order chi connectivity index (χ0) is 18.5. The molecule has 8 heteroatoms. The maximum Gasteiger partial charge on any atom is 0.455 e. The highest BCUT2D eigenvalue weighted by molar-refractivity contribution is 7.98. The molecule has 0 fully saturated rings. The molecule has 0 saturated carbocycles. The SMILES string of the molecule is CSc1ccccc1[C@H](N[C@H](CO)CC(C)C)C(F)(F)C(F)(F)F. The van der Waals surface area contributed by atoms with Gasteiger partial charge < -0.3 is 5.11 Å². The number of benzene rings is 1. The first-order valence-electron chi connectivity index (χ1n) is 7.49. The fourth-order valence-electron chi connectivity index (χ4n) is 2.46. The van der Waals surface area contributed by atoms with Crippen LogP contribution in [0.15, 0.2) is 29.2 Å². The molecular weight excluding hydrogens is 349 g/mol. The summed E-state index contributed by atoms with van der Waals surface area (Å²) >= 11 is 1.10. The van der Waals surface area contributed by atoms with Crippen molar-refractivity contribution in [2.75, 3.05) is 12.9 Å². The van der Waals surface area contributed by atoms with Crippen molar-refractivity contribution in [3.05, 3.63) is 29.8 Å². The molecule has 2 nitrogen and oxygen atoms in total. The van der Waals surface area contributed by atoms with Gasteiger partial charge in [-0.3, -0.25) is 5.32 Å². The predicted molar refractivity (Wildman–Crippen MR) is 85.4 cm³/mol. The highest BCUT2D eigenvalue weighted by Gasteiger charge is 2.63. The Morgan fingerprint density at radius 1 is 1.12 bits per heavy atom. The Morgan fingerprint density at radius 2 is 1.71 bits per heavy atom. The summed E-state index contributed by atoms with van der Waals surface area (Å²) in [5.74, 6) is -4.94. The molecule has 0 bridgehead atoms. The predicted octanol–water partition coefficient (Wildman–Crippen LogP) is 4.64. The maximum atomic E-state index is 14.2. The van der Waals surface area contributed by atoms with Crippen LogP contribution in [0.5, 0.6) is 0 Å². The summed E-state index contributed by atoms with van der Waals surface area (Å²) in [7, 11) is 0. The van der Waals surface area contributed by atoms with E-state index in [1.54, 1.807) is 26.2 Å². The minimum atomic E-state index is -5.70. The normalized spacial score (nSPS) is 15.6. The first-order valence-corrected chi connectivity index (χ1v) is 8.71. The van der Waals surface area contributed by atoms with Gasteiger partial charge >= 0.3 is 12.1 Å². The van der Waals surface area contributed by atoms with Crippen LogP contribution in [-0.4, -0.2) is 36.1 Å². The monoisotopic (exact) mass is 371 g/mol. The fraction of sp³-hybridized carbons (Fsp3) is 0.625. The molecular formula is C16H22F5NOS. The van der Waals surface area contributed by atoms with Crippen molar-refractivity contribution in [3.63, 3.8) is 0 Å². The molecule has 0 spiro atoms. The third-order valence-electron chi connectivity index (χ3n) is 3.57. The van der Waals surface area contributed by atoms with Gasteiger partial charge in [0.05, 0.1) is 6.61 Å². The van der Waals surface area contributed by atoms with Crippen molar-refractivity contribution in [2.24, 2.45) is 5.92 Å². The largest absolute Gasteiger partial charge is 0.455 e. The average molecular weight is 371 g/mol. The van der Waals surface area contributed by atoms with Gasteiger partial charge in [0.15, 0.2) is 0 Å². The average Bonchev–Trinajstić information content (AvgIpc) is 2.49. The Labute approximate surface area is 142 Å². The lowest BCUT2D eigenvalue weighted by Gasteiger charge is -2.34. The van der Waals surface area contributed by atoms with Gasteiger partial charge in [0, 0.05) is 10.9 Å². The van der Waals surface area contributed by atoms with Gasteiger partial charge in [-0.15, -0.1) is 11.8 Å². The first-order chi connectivity index (χ1) is 11.0. The minimum absolute atomic E-state index is 0.0330. The summed E-state index contributed by atoms with van der Waals surface area (Å²) in [4.78, 5) is 0.333. The van der Waals surface area contributed by atoms with Crippen LogP contribution in [-0.2, 0) is 0 Å². The number of halogens is 5. The van der Waals surface area contributed by atoms with Crippen LogP contribution < -0.4 is 5.32 Å². The van der Waals surface area contributed by atoms with Crippen LogP contribution in [0.3, 0.4) is 0 Å². The van der Waals surface area contributed by atoms with Gasteiger partial charge in [-0.2, -0.15) is 22.0 Å². The van der Waals surface area contributed by atoms with E-state index in [0.717, 1.165) is 11.8 Å².